The Kier molecular flexibility index (Phi) is 9.21. The highest BCUT2D eigenvalue weighted by molar-refractivity contribution is 6.16. The van der Waals surface area contributed by atoms with Gasteiger partial charge in [-0.1, -0.05) is 0 Å². The molecule has 0 saturated heterocycles. The second-order valence-corrected chi connectivity index (χ2v) is 5.93. The van der Waals surface area contributed by atoms with Crippen LogP contribution < -0.4 is 10.6 Å². The van der Waals surface area contributed by atoms with Crippen molar-refractivity contribution in [3.8, 4) is 0 Å². The highest BCUT2D eigenvalue weighted by atomic mass is 19.4. The number of halogens is 6. The number of nitrogens with one attached hydrogen (secondary N) is 2. The number of amides is 2. The van der Waals surface area contributed by atoms with Crippen molar-refractivity contribution in [3.05, 3.63) is 46.7 Å². The lowest BCUT2D eigenvalue weighted by atomic mass is 10.0. The number of rotatable bonds is 8. The van der Waals surface area contributed by atoms with Gasteiger partial charge in [0.05, 0.1) is 24.8 Å². The number of hydrogen-bond acceptors (Lipinski definition) is 6. The summed E-state index contributed by atoms with van der Waals surface area (Å²) in [7, 11) is 3.44. The van der Waals surface area contributed by atoms with Gasteiger partial charge in [-0.25, -0.2) is 4.79 Å². The Morgan fingerprint density at radius 2 is 1.44 bits per heavy atom. The monoisotopic (exact) mass is 472 g/mol. The topological polar surface area (TPSA) is 103 Å². The van der Waals surface area contributed by atoms with Gasteiger partial charge in [0.15, 0.2) is 6.29 Å². The molecule has 0 aliphatic rings. The van der Waals surface area contributed by atoms with Crippen molar-refractivity contribution < 1.29 is 54.9 Å². The first-order chi connectivity index (χ1) is 14.7. The maximum Gasteiger partial charge on any atom is 0.416 e. The standard InChI is InChI=1S/C18H18F6N2O6/c1-30-13(31-2)8-26-15(28)12(16(29)32-3)7-25-14(27)9-4-10(17(19,20)21)6-11(5-9)18(22,23)24/h4-7,13H,8H2,1-3H3,(H,25,27)(H,26,28)/b12-7+. The fourth-order valence-electron chi connectivity index (χ4n) is 2.17. The first kappa shape index (κ1) is 26.9. The number of carbonyl (C=O) groups excluding carboxylic acids is 3. The van der Waals surface area contributed by atoms with Crippen LogP contribution in [0.15, 0.2) is 30.0 Å². The number of carbonyl (C=O) groups is 3. The first-order valence-electron chi connectivity index (χ1n) is 8.47. The Morgan fingerprint density at radius 1 is 0.938 bits per heavy atom. The van der Waals surface area contributed by atoms with E-state index >= 15 is 0 Å². The van der Waals surface area contributed by atoms with Crippen LogP contribution in [0.2, 0.25) is 0 Å². The quantitative estimate of drug-likeness (QED) is 0.150. The Balaban J connectivity index is 3.21. The molecule has 0 aliphatic carbocycles. The normalized spacial score (nSPS) is 12.5. The predicted octanol–water partition coefficient (Wildman–Crippen LogP) is 2.25. The van der Waals surface area contributed by atoms with Crippen molar-refractivity contribution in [1.82, 2.24) is 10.6 Å². The summed E-state index contributed by atoms with van der Waals surface area (Å²) in [5.41, 5.74) is -5.23. The molecule has 0 fully saturated rings. The van der Waals surface area contributed by atoms with Crippen LogP contribution in [0.4, 0.5) is 26.3 Å². The lowest BCUT2D eigenvalue weighted by Gasteiger charge is -2.15. The van der Waals surface area contributed by atoms with Gasteiger partial charge in [0, 0.05) is 26.0 Å². The number of ether oxygens (including phenoxy) is 3. The smallest absolute Gasteiger partial charge is 0.416 e. The molecule has 2 amide bonds. The average molecular weight is 472 g/mol. The van der Waals surface area contributed by atoms with E-state index in [0.29, 0.717) is 6.20 Å². The molecule has 0 saturated carbocycles. The molecular weight excluding hydrogens is 454 g/mol. The highest BCUT2D eigenvalue weighted by Crippen LogP contribution is 2.36. The van der Waals surface area contributed by atoms with Crippen molar-refractivity contribution in [1.29, 1.82) is 0 Å². The molecule has 0 spiro atoms. The molecule has 0 radical (unpaired) electrons. The Hall–Kier alpha value is -3.13. The number of hydrogen-bond donors (Lipinski definition) is 2. The molecular formula is C18H18F6N2O6. The van der Waals surface area contributed by atoms with Crippen LogP contribution in [-0.4, -0.2) is 51.9 Å². The zero-order valence-corrected chi connectivity index (χ0v) is 16.8. The number of esters is 1. The van der Waals surface area contributed by atoms with E-state index < -0.39 is 58.7 Å². The third-order valence-electron chi connectivity index (χ3n) is 3.80. The van der Waals surface area contributed by atoms with Gasteiger partial charge >= 0.3 is 18.3 Å². The number of benzene rings is 1. The molecule has 2 N–H and O–H groups in total. The van der Waals surface area contributed by atoms with Crippen LogP contribution in [0, 0.1) is 0 Å². The van der Waals surface area contributed by atoms with Crippen LogP contribution in [0.5, 0.6) is 0 Å². The van der Waals surface area contributed by atoms with Crippen LogP contribution in [-0.2, 0) is 36.2 Å². The van der Waals surface area contributed by atoms with E-state index in [0.717, 1.165) is 7.11 Å². The predicted molar refractivity (Wildman–Crippen MR) is 94.8 cm³/mol. The fourth-order valence-corrected chi connectivity index (χ4v) is 2.17. The van der Waals surface area contributed by atoms with Crippen molar-refractivity contribution in [2.45, 2.75) is 18.6 Å². The van der Waals surface area contributed by atoms with E-state index in [-0.39, 0.29) is 24.7 Å². The van der Waals surface area contributed by atoms with Gasteiger partial charge in [0.25, 0.3) is 11.8 Å². The SMILES string of the molecule is COC(=O)/C(=C/NC(=O)c1cc(C(F)(F)F)cc(C(F)(F)F)c1)C(=O)NCC(OC)OC. The third kappa shape index (κ3) is 7.53. The second-order valence-electron chi connectivity index (χ2n) is 5.93. The third-order valence-corrected chi connectivity index (χ3v) is 3.80. The van der Waals surface area contributed by atoms with Gasteiger partial charge in [-0.15, -0.1) is 0 Å². The molecule has 0 aromatic heterocycles. The van der Waals surface area contributed by atoms with E-state index in [1.807, 2.05) is 5.32 Å². The molecule has 0 heterocycles. The molecule has 8 nitrogen and oxygen atoms in total. The summed E-state index contributed by atoms with van der Waals surface area (Å²) < 4.78 is 91.6. The first-order valence-corrected chi connectivity index (χ1v) is 8.47. The minimum absolute atomic E-state index is 0.151. The number of alkyl halides is 6. The molecule has 14 heteroatoms. The molecule has 1 aromatic rings. The Labute approximate surface area is 177 Å². The van der Waals surface area contributed by atoms with Crippen LogP contribution >= 0.6 is 0 Å². The Bertz CT molecular complexity index is 845. The summed E-state index contributed by atoms with van der Waals surface area (Å²) in [5, 5.41) is 4.02. The summed E-state index contributed by atoms with van der Waals surface area (Å²) in [5.74, 6) is -3.77. The van der Waals surface area contributed by atoms with E-state index in [2.05, 4.69) is 10.1 Å². The zero-order chi connectivity index (χ0) is 24.7. The van der Waals surface area contributed by atoms with E-state index in [1.165, 1.54) is 14.2 Å². The van der Waals surface area contributed by atoms with Gasteiger partial charge in [-0.05, 0) is 18.2 Å². The van der Waals surface area contributed by atoms with Crippen LogP contribution in [0.3, 0.4) is 0 Å². The summed E-state index contributed by atoms with van der Waals surface area (Å²) in [6.45, 7) is -0.239. The lowest BCUT2D eigenvalue weighted by molar-refractivity contribution is -0.143. The fraction of sp³-hybridized carbons (Fsp3) is 0.389. The second kappa shape index (κ2) is 10.9. The summed E-state index contributed by atoms with van der Waals surface area (Å²) in [6, 6.07) is 0.234. The largest absolute Gasteiger partial charge is 0.465 e. The van der Waals surface area contributed by atoms with Gasteiger partial charge in [-0.3, -0.25) is 9.59 Å². The average Bonchev–Trinajstić information content (AvgIpc) is 2.72. The minimum Gasteiger partial charge on any atom is -0.465 e. The molecule has 32 heavy (non-hydrogen) atoms. The van der Waals surface area contributed by atoms with Gasteiger partial charge < -0.3 is 24.8 Å². The Morgan fingerprint density at radius 3 is 1.84 bits per heavy atom. The maximum absolute atomic E-state index is 12.9. The zero-order valence-electron chi connectivity index (χ0n) is 16.8. The summed E-state index contributed by atoms with van der Waals surface area (Å²) in [6.07, 6.45) is -10.7. The van der Waals surface area contributed by atoms with Crippen LogP contribution in [0.25, 0.3) is 0 Å². The van der Waals surface area contributed by atoms with E-state index in [4.69, 9.17) is 9.47 Å². The van der Waals surface area contributed by atoms with Crippen molar-refractivity contribution in [2.24, 2.45) is 0 Å². The molecule has 0 aliphatic heterocycles. The van der Waals surface area contributed by atoms with Gasteiger partial charge in [-0.2, -0.15) is 26.3 Å². The highest BCUT2D eigenvalue weighted by Gasteiger charge is 2.37. The van der Waals surface area contributed by atoms with Crippen molar-refractivity contribution in [2.75, 3.05) is 27.9 Å². The van der Waals surface area contributed by atoms with E-state index in [9.17, 15) is 40.7 Å². The molecule has 178 valence electrons. The summed E-state index contributed by atoms with van der Waals surface area (Å²) in [4.78, 5) is 36.1. The molecule has 1 aromatic carbocycles. The van der Waals surface area contributed by atoms with Crippen molar-refractivity contribution >= 4 is 17.8 Å². The number of methoxy groups -OCH3 is 3. The van der Waals surface area contributed by atoms with Gasteiger partial charge in [0.1, 0.15) is 5.57 Å². The molecule has 0 bridgehead atoms. The molecule has 0 atom stereocenters. The summed E-state index contributed by atoms with van der Waals surface area (Å²) >= 11 is 0. The maximum atomic E-state index is 12.9. The van der Waals surface area contributed by atoms with Crippen LogP contribution in [0.1, 0.15) is 21.5 Å². The minimum atomic E-state index is -5.16. The molecule has 1 rings (SSSR count). The van der Waals surface area contributed by atoms with Gasteiger partial charge in [0.2, 0.25) is 0 Å². The molecule has 0 unspecified atom stereocenters. The lowest BCUT2D eigenvalue weighted by Crippen LogP contribution is -2.37. The van der Waals surface area contributed by atoms with E-state index in [1.54, 1.807) is 0 Å². The van der Waals surface area contributed by atoms with Crippen molar-refractivity contribution in [3.63, 3.8) is 0 Å².